The number of carbonyl (C=O) groups is 1. The minimum atomic E-state index is -0.202. The van der Waals surface area contributed by atoms with E-state index in [1.807, 2.05) is 71.6 Å². The lowest BCUT2D eigenvalue weighted by atomic mass is 9.87. The topological polar surface area (TPSA) is 79.9 Å². The molecule has 5 heteroatoms. The average molecular weight is 495 g/mol. The summed E-state index contributed by atoms with van der Waals surface area (Å²) in [5, 5.41) is 23.1. The molecule has 0 bridgehead atoms. The number of nitriles is 2. The van der Waals surface area contributed by atoms with E-state index in [1.54, 1.807) is 0 Å². The van der Waals surface area contributed by atoms with Gasteiger partial charge in [-0.1, -0.05) is 66.7 Å². The number of benzene rings is 4. The number of nitrogens with one attached hydrogen (secondary N) is 1. The molecule has 1 amide bonds. The molecule has 1 saturated heterocycles. The summed E-state index contributed by atoms with van der Waals surface area (Å²) in [4.78, 5) is 15.5. The van der Waals surface area contributed by atoms with Gasteiger partial charge in [0, 0.05) is 30.8 Å². The van der Waals surface area contributed by atoms with Crippen molar-refractivity contribution < 1.29 is 4.79 Å². The second kappa shape index (κ2) is 9.98. The molecule has 2 atom stereocenters. The first-order chi connectivity index (χ1) is 18.7. The molecule has 0 aliphatic carbocycles. The normalized spacial score (nSPS) is 18.0. The van der Waals surface area contributed by atoms with Crippen LogP contribution in [0, 0.1) is 22.7 Å². The van der Waals surface area contributed by atoms with Crippen LogP contribution in [-0.2, 0) is 17.9 Å². The van der Waals surface area contributed by atoms with Crippen LogP contribution in [0.1, 0.15) is 40.2 Å². The fourth-order valence-corrected chi connectivity index (χ4v) is 5.81. The third-order valence-electron chi connectivity index (χ3n) is 7.75. The molecule has 6 rings (SSSR count). The maximum Gasteiger partial charge on any atom is 0.240 e. The Morgan fingerprint density at radius 3 is 1.82 bits per heavy atom. The van der Waals surface area contributed by atoms with E-state index >= 15 is 0 Å². The van der Waals surface area contributed by atoms with Crippen LogP contribution in [0.15, 0.2) is 91.0 Å². The van der Waals surface area contributed by atoms with Crippen molar-refractivity contribution in [1.82, 2.24) is 10.2 Å². The van der Waals surface area contributed by atoms with Gasteiger partial charge in [-0.15, -0.1) is 0 Å². The van der Waals surface area contributed by atoms with Gasteiger partial charge in [0.05, 0.1) is 29.3 Å². The van der Waals surface area contributed by atoms with Crippen LogP contribution < -0.4 is 5.32 Å². The highest BCUT2D eigenvalue weighted by molar-refractivity contribution is 5.90. The van der Waals surface area contributed by atoms with Crippen LogP contribution >= 0.6 is 0 Å². The highest BCUT2D eigenvalue weighted by Gasteiger charge is 2.35. The summed E-state index contributed by atoms with van der Waals surface area (Å²) in [6.45, 7) is 1.86. The van der Waals surface area contributed by atoms with E-state index in [9.17, 15) is 15.3 Å². The summed E-state index contributed by atoms with van der Waals surface area (Å²) in [5.74, 6) is 0.455. The van der Waals surface area contributed by atoms with Gasteiger partial charge in [-0.05, 0) is 64.4 Å². The minimum Gasteiger partial charge on any atom is -0.333 e. The molecule has 5 nitrogen and oxygen atoms in total. The maximum absolute atomic E-state index is 13.6. The molecule has 2 heterocycles. The van der Waals surface area contributed by atoms with Gasteiger partial charge >= 0.3 is 0 Å². The zero-order valence-corrected chi connectivity index (χ0v) is 20.9. The third kappa shape index (κ3) is 4.24. The Balaban J connectivity index is 1.34. The molecule has 1 N–H and O–H groups in total. The molecule has 1 fully saturated rings. The lowest BCUT2D eigenvalue weighted by Gasteiger charge is -2.20. The van der Waals surface area contributed by atoms with E-state index in [0.717, 1.165) is 46.3 Å². The zero-order chi connectivity index (χ0) is 26.1. The largest absolute Gasteiger partial charge is 0.333 e. The molecular weight excluding hydrogens is 468 g/mol. The van der Waals surface area contributed by atoms with E-state index < -0.39 is 0 Å². The first kappa shape index (κ1) is 23.7. The predicted molar refractivity (Wildman–Crippen MR) is 147 cm³/mol. The molecule has 2 aliphatic heterocycles. The van der Waals surface area contributed by atoms with E-state index in [4.69, 9.17) is 0 Å². The Morgan fingerprint density at radius 2 is 1.26 bits per heavy atom. The maximum atomic E-state index is 13.6. The Morgan fingerprint density at radius 1 is 0.737 bits per heavy atom. The van der Waals surface area contributed by atoms with Crippen molar-refractivity contribution in [2.45, 2.75) is 31.5 Å². The number of hydrogen-bond acceptors (Lipinski definition) is 4. The summed E-state index contributed by atoms with van der Waals surface area (Å²) >= 11 is 0. The Kier molecular flexibility index (Phi) is 6.22. The smallest absolute Gasteiger partial charge is 0.240 e. The van der Waals surface area contributed by atoms with Gasteiger partial charge in [-0.25, -0.2) is 0 Å². The molecule has 0 unspecified atom stereocenters. The van der Waals surface area contributed by atoms with Gasteiger partial charge in [0.15, 0.2) is 0 Å². The van der Waals surface area contributed by atoms with E-state index in [-0.39, 0.29) is 11.9 Å². The minimum absolute atomic E-state index is 0.123. The SMILES string of the molecule is N#Cc1ccccc1-c1cc2c(cc1-c1ccccc1C#N)CN(C(=O)[C@H]1C[C@@H](c3ccccc3)CN1)C2. The molecule has 2 aliphatic rings. The number of amides is 1. The van der Waals surface area contributed by atoms with Crippen molar-refractivity contribution in [3.8, 4) is 34.4 Å². The second-order valence-corrected chi connectivity index (χ2v) is 9.98. The van der Waals surface area contributed by atoms with Gasteiger partial charge in [0.2, 0.25) is 5.91 Å². The van der Waals surface area contributed by atoms with Crippen molar-refractivity contribution in [3.63, 3.8) is 0 Å². The van der Waals surface area contributed by atoms with Gasteiger partial charge in [0.1, 0.15) is 0 Å². The van der Waals surface area contributed by atoms with Crippen LogP contribution in [0.5, 0.6) is 0 Å². The first-order valence-corrected chi connectivity index (χ1v) is 12.9. The summed E-state index contributed by atoms with van der Waals surface area (Å²) in [5.41, 5.74) is 8.05. The number of hydrogen-bond donors (Lipinski definition) is 1. The zero-order valence-electron chi connectivity index (χ0n) is 20.9. The summed E-state index contributed by atoms with van der Waals surface area (Å²) in [6, 6.07) is 34.1. The molecule has 0 spiro atoms. The van der Waals surface area contributed by atoms with Crippen LogP contribution in [0.2, 0.25) is 0 Å². The van der Waals surface area contributed by atoms with Crippen molar-refractivity contribution >= 4 is 5.91 Å². The second-order valence-electron chi connectivity index (χ2n) is 9.98. The van der Waals surface area contributed by atoms with Gasteiger partial charge in [0.25, 0.3) is 0 Å². The number of nitrogens with zero attached hydrogens (tertiary/aromatic N) is 3. The van der Waals surface area contributed by atoms with Crippen LogP contribution in [-0.4, -0.2) is 23.4 Å². The Bertz CT molecular complexity index is 1530. The lowest BCUT2D eigenvalue weighted by Crippen LogP contribution is -2.40. The molecule has 38 heavy (non-hydrogen) atoms. The number of fused-ring (bicyclic) bond motifs is 1. The standard InChI is InChI=1S/C33H26N4O/c34-17-23-10-4-6-12-28(23)30-14-26-20-37(21-27(26)15-31(30)29-13-7-5-11-24(29)18-35)33(38)32-16-25(19-36-32)22-8-2-1-3-9-22/h1-15,25,32,36H,16,19-21H2/t25-,32-/m1/s1. The molecule has 0 saturated carbocycles. The van der Waals surface area contributed by atoms with Gasteiger partial charge in [-0.3, -0.25) is 4.79 Å². The molecule has 0 aromatic heterocycles. The fourth-order valence-electron chi connectivity index (χ4n) is 5.81. The molecule has 184 valence electrons. The number of carbonyl (C=O) groups excluding carboxylic acids is 1. The fraction of sp³-hybridized carbons (Fsp3) is 0.182. The van der Waals surface area contributed by atoms with E-state index in [1.165, 1.54) is 5.56 Å². The van der Waals surface area contributed by atoms with Crippen LogP contribution in [0.4, 0.5) is 0 Å². The third-order valence-corrected chi connectivity index (χ3v) is 7.75. The van der Waals surface area contributed by atoms with Gasteiger partial charge < -0.3 is 10.2 Å². The highest BCUT2D eigenvalue weighted by Crippen LogP contribution is 2.40. The van der Waals surface area contributed by atoms with Crippen LogP contribution in [0.25, 0.3) is 22.3 Å². The predicted octanol–water partition coefficient (Wildman–Crippen LogP) is 5.75. The molecular formula is C33H26N4O. The Hall–Kier alpha value is -4.71. The quantitative estimate of drug-likeness (QED) is 0.392. The average Bonchev–Trinajstić information content (AvgIpc) is 3.64. The van der Waals surface area contributed by atoms with Crippen molar-refractivity contribution in [3.05, 3.63) is 119 Å². The Labute approximate surface area is 222 Å². The van der Waals surface area contributed by atoms with Crippen molar-refractivity contribution in [2.24, 2.45) is 0 Å². The van der Waals surface area contributed by atoms with E-state index in [0.29, 0.717) is 30.1 Å². The first-order valence-electron chi connectivity index (χ1n) is 12.9. The monoisotopic (exact) mass is 494 g/mol. The van der Waals surface area contributed by atoms with Crippen molar-refractivity contribution in [2.75, 3.05) is 6.54 Å². The van der Waals surface area contributed by atoms with E-state index in [2.05, 4.69) is 41.7 Å². The number of rotatable bonds is 4. The van der Waals surface area contributed by atoms with Gasteiger partial charge in [-0.2, -0.15) is 10.5 Å². The van der Waals surface area contributed by atoms with Crippen molar-refractivity contribution in [1.29, 1.82) is 10.5 Å². The summed E-state index contributed by atoms with van der Waals surface area (Å²) < 4.78 is 0. The van der Waals surface area contributed by atoms with Crippen LogP contribution in [0.3, 0.4) is 0 Å². The highest BCUT2D eigenvalue weighted by atomic mass is 16.2. The summed E-state index contributed by atoms with van der Waals surface area (Å²) in [6.07, 6.45) is 0.789. The molecule has 4 aromatic carbocycles. The summed E-state index contributed by atoms with van der Waals surface area (Å²) in [7, 11) is 0. The molecule has 4 aromatic rings. The lowest BCUT2D eigenvalue weighted by molar-refractivity contribution is -0.133. The molecule has 0 radical (unpaired) electrons.